The molecule has 1 fully saturated rings. The molecule has 1 amide bonds. The highest BCUT2D eigenvalue weighted by atomic mass is 79.9. The number of amides is 1. The lowest BCUT2D eigenvalue weighted by atomic mass is 9.78. The van der Waals surface area contributed by atoms with Crippen molar-refractivity contribution in [1.29, 1.82) is 0 Å². The van der Waals surface area contributed by atoms with E-state index in [1.807, 2.05) is 32.0 Å². The number of hydrogen-bond donors (Lipinski definition) is 1. The van der Waals surface area contributed by atoms with Gasteiger partial charge in [0.2, 0.25) is 0 Å². The van der Waals surface area contributed by atoms with Gasteiger partial charge in [-0.3, -0.25) is 4.79 Å². The molecule has 3 heteroatoms. The Balaban J connectivity index is 2.17. The SMILES string of the molecule is Cc1cccc(C(=O)NC2(CBr)CCC2)c1C. The fraction of sp³-hybridized carbons (Fsp3) is 0.500. The van der Waals surface area contributed by atoms with Crippen LogP contribution in [0.5, 0.6) is 0 Å². The first kappa shape index (κ1) is 12.6. The van der Waals surface area contributed by atoms with Crippen molar-refractivity contribution in [3.05, 3.63) is 34.9 Å². The number of aryl methyl sites for hydroxylation is 1. The zero-order valence-electron chi connectivity index (χ0n) is 10.3. The molecule has 92 valence electrons. The highest BCUT2D eigenvalue weighted by molar-refractivity contribution is 9.09. The third-order valence-electron chi connectivity index (χ3n) is 3.79. The molecule has 2 nitrogen and oxygen atoms in total. The van der Waals surface area contributed by atoms with E-state index >= 15 is 0 Å². The highest BCUT2D eigenvalue weighted by Gasteiger charge is 2.37. The van der Waals surface area contributed by atoms with Gasteiger partial charge in [-0.25, -0.2) is 0 Å². The van der Waals surface area contributed by atoms with E-state index in [9.17, 15) is 4.79 Å². The van der Waals surface area contributed by atoms with E-state index in [1.165, 1.54) is 12.0 Å². The van der Waals surface area contributed by atoms with E-state index < -0.39 is 0 Å². The molecule has 0 aromatic heterocycles. The molecule has 0 spiro atoms. The molecule has 17 heavy (non-hydrogen) atoms. The van der Waals surface area contributed by atoms with Crippen LogP contribution in [0, 0.1) is 13.8 Å². The Morgan fingerprint density at radius 2 is 2.12 bits per heavy atom. The van der Waals surface area contributed by atoms with Gasteiger partial charge < -0.3 is 5.32 Å². The zero-order valence-corrected chi connectivity index (χ0v) is 11.9. The van der Waals surface area contributed by atoms with Crippen molar-refractivity contribution in [2.45, 2.75) is 38.6 Å². The van der Waals surface area contributed by atoms with Crippen molar-refractivity contribution in [3.8, 4) is 0 Å². The summed E-state index contributed by atoms with van der Waals surface area (Å²) in [5.41, 5.74) is 3.04. The van der Waals surface area contributed by atoms with E-state index in [0.717, 1.165) is 29.3 Å². The quantitative estimate of drug-likeness (QED) is 0.852. The molecule has 0 aliphatic heterocycles. The molecule has 2 rings (SSSR count). The average molecular weight is 296 g/mol. The van der Waals surface area contributed by atoms with Crippen LogP contribution in [0.4, 0.5) is 0 Å². The second kappa shape index (κ2) is 4.81. The Bertz CT molecular complexity index is 432. The van der Waals surface area contributed by atoms with E-state index in [4.69, 9.17) is 0 Å². The summed E-state index contributed by atoms with van der Waals surface area (Å²) in [6, 6.07) is 5.88. The van der Waals surface area contributed by atoms with E-state index in [1.54, 1.807) is 0 Å². The van der Waals surface area contributed by atoms with Gasteiger partial charge in [-0.1, -0.05) is 28.1 Å². The Hall–Kier alpha value is -0.830. The number of rotatable bonds is 3. The van der Waals surface area contributed by atoms with Crippen molar-refractivity contribution in [1.82, 2.24) is 5.32 Å². The Morgan fingerprint density at radius 1 is 1.41 bits per heavy atom. The van der Waals surface area contributed by atoms with Gasteiger partial charge in [0, 0.05) is 10.9 Å². The van der Waals surface area contributed by atoms with Gasteiger partial charge in [0.05, 0.1) is 5.54 Å². The minimum absolute atomic E-state index is 0.00668. The van der Waals surface area contributed by atoms with Gasteiger partial charge in [0.15, 0.2) is 0 Å². The minimum atomic E-state index is -0.00668. The standard InChI is InChI=1S/C14H18BrNO/c1-10-5-3-6-12(11(10)2)13(17)16-14(9-15)7-4-8-14/h3,5-6H,4,7-9H2,1-2H3,(H,16,17). The van der Waals surface area contributed by atoms with Crippen LogP contribution in [-0.2, 0) is 0 Å². The van der Waals surface area contributed by atoms with E-state index in [2.05, 4.69) is 21.2 Å². The average Bonchev–Trinajstić information content (AvgIpc) is 2.27. The molecule has 0 saturated heterocycles. The molecule has 1 aliphatic carbocycles. The summed E-state index contributed by atoms with van der Waals surface area (Å²) in [6.07, 6.45) is 3.36. The number of carbonyl (C=O) groups excluding carboxylic acids is 1. The summed E-state index contributed by atoms with van der Waals surface area (Å²) >= 11 is 3.50. The first-order valence-electron chi connectivity index (χ1n) is 6.03. The predicted octanol–water partition coefficient (Wildman–Crippen LogP) is 3.35. The maximum atomic E-state index is 12.3. The fourth-order valence-electron chi connectivity index (χ4n) is 2.20. The summed E-state index contributed by atoms with van der Waals surface area (Å²) < 4.78 is 0. The van der Waals surface area contributed by atoms with Crippen molar-refractivity contribution in [3.63, 3.8) is 0 Å². The number of carbonyl (C=O) groups is 1. The largest absolute Gasteiger partial charge is 0.346 e. The lowest BCUT2D eigenvalue weighted by Gasteiger charge is -2.41. The first-order chi connectivity index (χ1) is 8.08. The van der Waals surface area contributed by atoms with Gasteiger partial charge in [-0.2, -0.15) is 0 Å². The molecule has 0 unspecified atom stereocenters. The second-order valence-electron chi connectivity index (χ2n) is 4.97. The maximum absolute atomic E-state index is 12.3. The molecule has 0 bridgehead atoms. The number of alkyl halides is 1. The summed E-state index contributed by atoms with van der Waals surface area (Å²) in [5, 5.41) is 4.02. The number of halogens is 1. The number of nitrogens with one attached hydrogen (secondary N) is 1. The summed E-state index contributed by atoms with van der Waals surface area (Å²) in [4.78, 5) is 12.3. The van der Waals surface area contributed by atoms with Crippen LogP contribution in [0.2, 0.25) is 0 Å². The van der Waals surface area contributed by atoms with Crippen LogP contribution in [-0.4, -0.2) is 16.8 Å². The molecule has 1 aromatic carbocycles. The van der Waals surface area contributed by atoms with Gasteiger partial charge >= 0.3 is 0 Å². The smallest absolute Gasteiger partial charge is 0.252 e. The molecule has 0 heterocycles. The van der Waals surface area contributed by atoms with Crippen molar-refractivity contribution >= 4 is 21.8 Å². The lowest BCUT2D eigenvalue weighted by molar-refractivity contribution is 0.0856. The van der Waals surface area contributed by atoms with E-state index in [0.29, 0.717) is 0 Å². The van der Waals surface area contributed by atoms with Crippen LogP contribution < -0.4 is 5.32 Å². The number of hydrogen-bond acceptors (Lipinski definition) is 1. The van der Waals surface area contributed by atoms with Crippen LogP contribution in [0.25, 0.3) is 0 Å². The van der Waals surface area contributed by atoms with Crippen LogP contribution in [0.3, 0.4) is 0 Å². The summed E-state index contributed by atoms with van der Waals surface area (Å²) in [6.45, 7) is 4.04. The summed E-state index contributed by atoms with van der Waals surface area (Å²) in [5.74, 6) is 0.0605. The lowest BCUT2D eigenvalue weighted by Crippen LogP contribution is -2.55. The Kier molecular flexibility index (Phi) is 3.57. The zero-order chi connectivity index (χ0) is 12.5. The van der Waals surface area contributed by atoms with Gasteiger partial charge in [-0.15, -0.1) is 0 Å². The van der Waals surface area contributed by atoms with Crippen LogP contribution in [0.15, 0.2) is 18.2 Å². The minimum Gasteiger partial charge on any atom is -0.346 e. The third kappa shape index (κ3) is 2.39. The van der Waals surface area contributed by atoms with Crippen LogP contribution in [0.1, 0.15) is 40.7 Å². The molecule has 1 aliphatic rings. The molecular weight excluding hydrogens is 278 g/mol. The van der Waals surface area contributed by atoms with Gasteiger partial charge in [0.25, 0.3) is 5.91 Å². The van der Waals surface area contributed by atoms with Crippen molar-refractivity contribution < 1.29 is 4.79 Å². The molecule has 1 aromatic rings. The molecular formula is C14H18BrNO. The van der Waals surface area contributed by atoms with Crippen LogP contribution >= 0.6 is 15.9 Å². The topological polar surface area (TPSA) is 29.1 Å². The highest BCUT2D eigenvalue weighted by Crippen LogP contribution is 2.33. The fourth-order valence-corrected chi connectivity index (χ4v) is 2.90. The third-order valence-corrected chi connectivity index (χ3v) is 4.87. The molecule has 1 N–H and O–H groups in total. The maximum Gasteiger partial charge on any atom is 0.252 e. The normalized spacial score (nSPS) is 17.4. The first-order valence-corrected chi connectivity index (χ1v) is 7.15. The van der Waals surface area contributed by atoms with Crippen molar-refractivity contribution in [2.75, 3.05) is 5.33 Å². The molecule has 0 radical (unpaired) electrons. The summed E-state index contributed by atoms with van der Waals surface area (Å²) in [7, 11) is 0. The predicted molar refractivity (Wildman–Crippen MR) is 73.8 cm³/mol. The Morgan fingerprint density at radius 3 is 2.65 bits per heavy atom. The second-order valence-corrected chi connectivity index (χ2v) is 5.53. The van der Waals surface area contributed by atoms with E-state index in [-0.39, 0.29) is 11.4 Å². The monoisotopic (exact) mass is 295 g/mol. The molecule has 0 atom stereocenters. The van der Waals surface area contributed by atoms with Gasteiger partial charge in [-0.05, 0) is 50.3 Å². The van der Waals surface area contributed by atoms with Crippen molar-refractivity contribution in [2.24, 2.45) is 0 Å². The van der Waals surface area contributed by atoms with Gasteiger partial charge in [0.1, 0.15) is 0 Å². The Labute approximate surface area is 111 Å². The molecule has 1 saturated carbocycles. The number of benzene rings is 1.